The summed E-state index contributed by atoms with van der Waals surface area (Å²) in [6.07, 6.45) is 4.02. The molecular formula is C16H20O4. The maximum absolute atomic E-state index is 11.9. The lowest BCUT2D eigenvalue weighted by molar-refractivity contribution is -0.133. The molecule has 0 radical (unpaired) electrons. The number of rotatable bonds is 5. The molecule has 108 valence electrons. The third kappa shape index (κ3) is 3.90. The average Bonchev–Trinajstić information content (AvgIpc) is 2.53. The van der Waals surface area contributed by atoms with Gasteiger partial charge in [0.25, 0.3) is 0 Å². The van der Waals surface area contributed by atoms with Crippen LogP contribution < -0.4 is 0 Å². The molecule has 0 unspecified atom stereocenters. The van der Waals surface area contributed by atoms with Gasteiger partial charge in [-0.05, 0) is 30.9 Å². The lowest BCUT2D eigenvalue weighted by Crippen LogP contribution is -2.34. The zero-order valence-electron chi connectivity index (χ0n) is 11.5. The first kappa shape index (κ1) is 14.7. The lowest BCUT2D eigenvalue weighted by Gasteiger charge is -2.25. The van der Waals surface area contributed by atoms with Crippen LogP contribution in [0.25, 0.3) is 0 Å². The van der Waals surface area contributed by atoms with E-state index in [-0.39, 0.29) is 12.5 Å². The molecule has 1 aliphatic rings. The second-order valence-electron chi connectivity index (χ2n) is 5.25. The Kier molecular flexibility index (Phi) is 5.30. The smallest absolute Gasteiger partial charge is 0.338 e. The topological polar surface area (TPSA) is 63.6 Å². The predicted molar refractivity (Wildman–Crippen MR) is 74.3 cm³/mol. The number of Topliss-reactive ketones (excluding diaryl/α,β-unsaturated/α-hetero) is 1. The van der Waals surface area contributed by atoms with E-state index in [9.17, 15) is 14.7 Å². The molecule has 0 bridgehead atoms. The summed E-state index contributed by atoms with van der Waals surface area (Å²) in [6.45, 7) is -0.356. The van der Waals surface area contributed by atoms with E-state index in [4.69, 9.17) is 4.74 Å². The molecule has 4 heteroatoms. The Morgan fingerprint density at radius 3 is 2.45 bits per heavy atom. The fraction of sp³-hybridized carbons (Fsp3) is 0.500. The Labute approximate surface area is 118 Å². The van der Waals surface area contributed by atoms with Crippen LogP contribution in [0.2, 0.25) is 0 Å². The van der Waals surface area contributed by atoms with Gasteiger partial charge in [-0.1, -0.05) is 37.5 Å². The number of hydrogen-bond donors (Lipinski definition) is 1. The molecule has 0 saturated heterocycles. The molecule has 0 heterocycles. The number of aliphatic hydroxyl groups is 1. The van der Waals surface area contributed by atoms with Crippen LogP contribution in [0.5, 0.6) is 0 Å². The third-order valence-corrected chi connectivity index (χ3v) is 3.78. The highest BCUT2D eigenvalue weighted by Crippen LogP contribution is 2.26. The van der Waals surface area contributed by atoms with Crippen LogP contribution >= 0.6 is 0 Å². The Morgan fingerprint density at radius 2 is 1.80 bits per heavy atom. The number of aliphatic hydroxyl groups excluding tert-OH is 1. The standard InChI is InChI=1S/C16H20O4/c17-14(15(18)12-7-3-1-4-8-12)11-20-16(19)13-9-5-2-6-10-13/h2,5-6,9-10,12,15,18H,1,3-4,7-8,11H2/t15-/m0/s1. The first-order chi connectivity index (χ1) is 9.68. The Bertz CT molecular complexity index is 449. The number of esters is 1. The van der Waals surface area contributed by atoms with E-state index in [0.29, 0.717) is 5.56 Å². The van der Waals surface area contributed by atoms with Gasteiger partial charge in [-0.25, -0.2) is 4.79 Å². The van der Waals surface area contributed by atoms with Gasteiger partial charge in [0.1, 0.15) is 6.10 Å². The summed E-state index contributed by atoms with van der Waals surface area (Å²) in [7, 11) is 0. The summed E-state index contributed by atoms with van der Waals surface area (Å²) >= 11 is 0. The van der Waals surface area contributed by atoms with Crippen molar-refractivity contribution in [1.29, 1.82) is 0 Å². The van der Waals surface area contributed by atoms with Crippen LogP contribution in [0, 0.1) is 5.92 Å². The average molecular weight is 276 g/mol. The Morgan fingerprint density at radius 1 is 1.15 bits per heavy atom. The lowest BCUT2D eigenvalue weighted by atomic mass is 9.84. The van der Waals surface area contributed by atoms with Crippen molar-refractivity contribution in [2.45, 2.75) is 38.2 Å². The molecule has 0 aromatic heterocycles. The summed E-state index contributed by atoms with van der Waals surface area (Å²) in [4.78, 5) is 23.5. The van der Waals surface area contributed by atoms with Crippen molar-refractivity contribution in [1.82, 2.24) is 0 Å². The molecule has 1 saturated carbocycles. The van der Waals surface area contributed by atoms with Crippen LogP contribution in [-0.2, 0) is 9.53 Å². The minimum atomic E-state index is -1.00. The van der Waals surface area contributed by atoms with Gasteiger partial charge >= 0.3 is 5.97 Å². The van der Waals surface area contributed by atoms with Gasteiger partial charge in [0.15, 0.2) is 12.4 Å². The van der Waals surface area contributed by atoms with Gasteiger partial charge in [-0.15, -0.1) is 0 Å². The van der Waals surface area contributed by atoms with Gasteiger partial charge in [0.2, 0.25) is 0 Å². The van der Waals surface area contributed by atoms with E-state index < -0.39 is 17.9 Å². The monoisotopic (exact) mass is 276 g/mol. The molecule has 1 aliphatic carbocycles. The van der Waals surface area contributed by atoms with Gasteiger partial charge < -0.3 is 9.84 Å². The van der Waals surface area contributed by atoms with E-state index in [0.717, 1.165) is 25.7 Å². The largest absolute Gasteiger partial charge is 0.454 e. The minimum Gasteiger partial charge on any atom is -0.454 e. The SMILES string of the molecule is O=C(OCC(=O)[C@@H](O)C1CCCCC1)c1ccccc1. The molecule has 2 rings (SSSR count). The van der Waals surface area contributed by atoms with Gasteiger partial charge in [0, 0.05) is 0 Å². The maximum Gasteiger partial charge on any atom is 0.338 e. The predicted octanol–water partition coefficient (Wildman–Crippen LogP) is 2.35. The van der Waals surface area contributed by atoms with E-state index in [1.165, 1.54) is 6.42 Å². The molecule has 1 aromatic carbocycles. The van der Waals surface area contributed by atoms with Crippen LogP contribution in [0.4, 0.5) is 0 Å². The highest BCUT2D eigenvalue weighted by atomic mass is 16.5. The van der Waals surface area contributed by atoms with Crippen LogP contribution in [0.1, 0.15) is 42.5 Å². The molecule has 20 heavy (non-hydrogen) atoms. The third-order valence-electron chi connectivity index (χ3n) is 3.78. The van der Waals surface area contributed by atoms with Crippen LogP contribution in [-0.4, -0.2) is 29.6 Å². The van der Waals surface area contributed by atoms with Crippen molar-refractivity contribution in [3.63, 3.8) is 0 Å². The van der Waals surface area contributed by atoms with Crippen molar-refractivity contribution >= 4 is 11.8 Å². The number of ketones is 1. The number of benzene rings is 1. The minimum absolute atomic E-state index is 0.0201. The fourth-order valence-electron chi connectivity index (χ4n) is 2.59. The summed E-state index contributed by atoms with van der Waals surface area (Å²) in [5, 5.41) is 9.99. The Hall–Kier alpha value is -1.68. The quantitative estimate of drug-likeness (QED) is 0.838. The number of carbonyl (C=O) groups is 2. The summed E-state index contributed by atoms with van der Waals surface area (Å²) in [5.74, 6) is -0.914. The summed E-state index contributed by atoms with van der Waals surface area (Å²) in [5.41, 5.74) is 0.410. The zero-order chi connectivity index (χ0) is 14.4. The van der Waals surface area contributed by atoms with E-state index in [1.54, 1.807) is 30.3 Å². The number of hydrogen-bond acceptors (Lipinski definition) is 4. The van der Waals surface area contributed by atoms with E-state index in [1.807, 2.05) is 0 Å². The van der Waals surface area contributed by atoms with E-state index in [2.05, 4.69) is 0 Å². The molecule has 1 N–H and O–H groups in total. The summed E-state index contributed by atoms with van der Waals surface area (Å²) in [6, 6.07) is 8.52. The van der Waals surface area contributed by atoms with E-state index >= 15 is 0 Å². The molecule has 0 spiro atoms. The zero-order valence-corrected chi connectivity index (χ0v) is 11.5. The van der Waals surface area contributed by atoms with Crippen LogP contribution in [0.15, 0.2) is 30.3 Å². The van der Waals surface area contributed by atoms with Crippen molar-refractivity contribution in [2.75, 3.05) is 6.61 Å². The normalized spacial score (nSPS) is 17.4. The molecule has 1 aromatic rings. The molecular weight excluding hydrogens is 256 g/mol. The van der Waals surface area contributed by atoms with Crippen molar-refractivity contribution in [3.8, 4) is 0 Å². The summed E-state index contributed by atoms with van der Waals surface area (Å²) < 4.78 is 4.95. The van der Waals surface area contributed by atoms with Crippen molar-refractivity contribution in [3.05, 3.63) is 35.9 Å². The molecule has 0 aliphatic heterocycles. The van der Waals surface area contributed by atoms with Crippen molar-refractivity contribution < 1.29 is 19.4 Å². The maximum atomic E-state index is 11.9. The highest BCUT2D eigenvalue weighted by molar-refractivity contribution is 5.92. The first-order valence-corrected chi connectivity index (χ1v) is 7.11. The molecule has 0 amide bonds. The van der Waals surface area contributed by atoms with Crippen LogP contribution in [0.3, 0.4) is 0 Å². The van der Waals surface area contributed by atoms with Gasteiger partial charge in [-0.2, -0.15) is 0 Å². The molecule has 4 nitrogen and oxygen atoms in total. The fourth-order valence-corrected chi connectivity index (χ4v) is 2.59. The van der Waals surface area contributed by atoms with Crippen molar-refractivity contribution in [2.24, 2.45) is 5.92 Å². The molecule has 1 fully saturated rings. The number of ether oxygens (including phenoxy) is 1. The first-order valence-electron chi connectivity index (χ1n) is 7.11. The van der Waals surface area contributed by atoms with Gasteiger partial charge in [-0.3, -0.25) is 4.79 Å². The second kappa shape index (κ2) is 7.20. The second-order valence-corrected chi connectivity index (χ2v) is 5.25. The highest BCUT2D eigenvalue weighted by Gasteiger charge is 2.28. The van der Waals surface area contributed by atoms with Gasteiger partial charge in [0.05, 0.1) is 5.56 Å². The number of carbonyl (C=O) groups excluding carboxylic acids is 2. The Balaban J connectivity index is 1.81. The molecule has 1 atom stereocenters.